The third-order valence-electron chi connectivity index (χ3n) is 3.81. The molecule has 10 nitrogen and oxygen atoms in total. The molecule has 1 fully saturated rings. The lowest BCUT2D eigenvalue weighted by Gasteiger charge is -2.14. The maximum atomic E-state index is 12.4. The number of sulfonamides is 1. The second kappa shape index (κ2) is 7.03. The van der Waals surface area contributed by atoms with Gasteiger partial charge in [0.2, 0.25) is 5.91 Å². The minimum absolute atomic E-state index is 0.0117. The fourth-order valence-electron chi connectivity index (χ4n) is 2.49. The molecule has 0 bridgehead atoms. The highest BCUT2D eigenvalue weighted by atomic mass is 32.2. The van der Waals surface area contributed by atoms with Gasteiger partial charge in [-0.15, -0.1) is 0 Å². The lowest BCUT2D eigenvalue weighted by molar-refractivity contribution is -0.384. The Hall–Kier alpha value is -3.47. The number of rotatable bonds is 6. The van der Waals surface area contributed by atoms with Crippen LogP contribution in [0.2, 0.25) is 0 Å². The molecule has 0 atom stereocenters. The van der Waals surface area contributed by atoms with Gasteiger partial charge in [0.1, 0.15) is 0 Å². The van der Waals surface area contributed by atoms with Crippen molar-refractivity contribution < 1.29 is 22.9 Å². The zero-order valence-electron chi connectivity index (χ0n) is 13.8. The number of imide groups is 1. The largest absolute Gasteiger partial charge is 0.329 e. The normalized spacial score (nSPS) is 14.1. The van der Waals surface area contributed by atoms with Crippen LogP contribution in [-0.4, -0.2) is 36.7 Å². The summed E-state index contributed by atoms with van der Waals surface area (Å²) < 4.78 is 27.2. The maximum Gasteiger partial charge on any atom is 0.324 e. The molecular formula is C16H14N4O6S. The van der Waals surface area contributed by atoms with Crippen LogP contribution in [0.5, 0.6) is 0 Å². The minimum Gasteiger partial charge on any atom is -0.329 e. The Bertz CT molecular complexity index is 1000. The van der Waals surface area contributed by atoms with Gasteiger partial charge in [0.05, 0.1) is 22.9 Å². The van der Waals surface area contributed by atoms with E-state index in [9.17, 15) is 28.1 Å². The fraction of sp³-hybridized carbons (Fsp3) is 0.125. The number of carbonyl (C=O) groups is 2. The Balaban J connectivity index is 1.77. The maximum absolute atomic E-state index is 12.4. The van der Waals surface area contributed by atoms with E-state index in [0.717, 1.165) is 29.2 Å². The summed E-state index contributed by atoms with van der Waals surface area (Å²) in [6.45, 7) is -0.0525. The van der Waals surface area contributed by atoms with E-state index in [1.807, 2.05) is 0 Å². The van der Waals surface area contributed by atoms with Crippen molar-refractivity contribution in [1.82, 2.24) is 10.2 Å². The molecule has 2 aromatic rings. The standard InChI is InChI=1S/C16H14N4O6S/c21-15-9-17-16(22)19(15)10-11-2-1-3-12(8-11)18-27(25,26)14-6-4-13(5-7-14)20(23)24/h1-8,18H,9-10H2,(H,17,22). The van der Waals surface area contributed by atoms with Crippen molar-refractivity contribution in [1.29, 1.82) is 0 Å². The third kappa shape index (κ3) is 4.03. The van der Waals surface area contributed by atoms with Gasteiger partial charge in [0, 0.05) is 17.8 Å². The van der Waals surface area contributed by atoms with Crippen LogP contribution in [0.25, 0.3) is 0 Å². The minimum atomic E-state index is -3.95. The monoisotopic (exact) mass is 390 g/mol. The molecule has 1 saturated heterocycles. The van der Waals surface area contributed by atoms with Crippen molar-refractivity contribution in [2.45, 2.75) is 11.4 Å². The number of nitrogens with zero attached hydrogens (tertiary/aromatic N) is 2. The van der Waals surface area contributed by atoms with Crippen LogP contribution < -0.4 is 10.0 Å². The van der Waals surface area contributed by atoms with Crippen LogP contribution >= 0.6 is 0 Å². The molecule has 11 heteroatoms. The molecule has 2 aromatic carbocycles. The molecule has 2 N–H and O–H groups in total. The highest BCUT2D eigenvalue weighted by Crippen LogP contribution is 2.20. The van der Waals surface area contributed by atoms with Gasteiger partial charge in [-0.2, -0.15) is 0 Å². The van der Waals surface area contributed by atoms with Crippen molar-refractivity contribution in [3.63, 3.8) is 0 Å². The molecule has 1 heterocycles. The number of benzene rings is 2. The molecule has 0 unspecified atom stereocenters. The summed E-state index contributed by atoms with van der Waals surface area (Å²) in [5.74, 6) is -0.364. The highest BCUT2D eigenvalue weighted by Gasteiger charge is 2.28. The molecule has 3 amide bonds. The average Bonchev–Trinajstić information content (AvgIpc) is 2.94. The molecule has 140 valence electrons. The van der Waals surface area contributed by atoms with Gasteiger partial charge in [0.25, 0.3) is 15.7 Å². The van der Waals surface area contributed by atoms with Crippen molar-refractivity contribution in [2.24, 2.45) is 0 Å². The lowest BCUT2D eigenvalue weighted by Crippen LogP contribution is -2.30. The molecule has 0 aromatic heterocycles. The fourth-order valence-corrected chi connectivity index (χ4v) is 3.54. The van der Waals surface area contributed by atoms with E-state index in [2.05, 4.69) is 10.0 Å². The molecule has 0 saturated carbocycles. The van der Waals surface area contributed by atoms with Crippen molar-refractivity contribution in [3.8, 4) is 0 Å². The van der Waals surface area contributed by atoms with Crippen molar-refractivity contribution >= 4 is 33.3 Å². The van der Waals surface area contributed by atoms with E-state index in [1.54, 1.807) is 12.1 Å². The summed E-state index contributed by atoms with van der Waals surface area (Å²) in [5, 5.41) is 13.1. The van der Waals surface area contributed by atoms with Gasteiger partial charge in [-0.25, -0.2) is 13.2 Å². The number of carbonyl (C=O) groups excluding carboxylic acids is 2. The molecule has 0 aliphatic carbocycles. The first-order valence-corrected chi connectivity index (χ1v) is 9.19. The van der Waals surface area contributed by atoms with E-state index in [1.165, 1.54) is 12.1 Å². The lowest BCUT2D eigenvalue weighted by atomic mass is 10.2. The van der Waals surface area contributed by atoms with Gasteiger partial charge < -0.3 is 5.32 Å². The van der Waals surface area contributed by atoms with Crippen LogP contribution in [0.4, 0.5) is 16.2 Å². The summed E-state index contributed by atoms with van der Waals surface area (Å²) in [6, 6.07) is 10.2. The number of hydrogen-bond acceptors (Lipinski definition) is 6. The van der Waals surface area contributed by atoms with Crippen LogP contribution in [0.15, 0.2) is 53.4 Å². The molecule has 0 radical (unpaired) electrons. The molecule has 1 aliphatic heterocycles. The van der Waals surface area contributed by atoms with Gasteiger partial charge in [-0.1, -0.05) is 12.1 Å². The van der Waals surface area contributed by atoms with E-state index in [4.69, 9.17) is 0 Å². The van der Waals surface area contributed by atoms with Gasteiger partial charge >= 0.3 is 6.03 Å². The first kappa shape index (κ1) is 18.3. The molecule has 27 heavy (non-hydrogen) atoms. The van der Waals surface area contributed by atoms with Crippen LogP contribution in [0.1, 0.15) is 5.56 Å². The van der Waals surface area contributed by atoms with Gasteiger partial charge in [0.15, 0.2) is 0 Å². The quantitative estimate of drug-likeness (QED) is 0.435. The molecule has 0 spiro atoms. The van der Waals surface area contributed by atoms with Gasteiger partial charge in [-0.3, -0.25) is 24.5 Å². The van der Waals surface area contributed by atoms with Crippen LogP contribution in [0, 0.1) is 10.1 Å². The smallest absolute Gasteiger partial charge is 0.324 e. The summed E-state index contributed by atoms with van der Waals surface area (Å²) in [7, 11) is -3.95. The van der Waals surface area contributed by atoms with Crippen LogP contribution in [-0.2, 0) is 21.4 Å². The Kier molecular flexibility index (Phi) is 4.77. The number of nitro groups is 1. The molecule has 1 aliphatic rings. The first-order valence-electron chi connectivity index (χ1n) is 7.71. The number of hydrogen-bond donors (Lipinski definition) is 2. The Labute approximate surface area is 154 Å². The number of urea groups is 1. The Morgan fingerprint density at radius 2 is 1.85 bits per heavy atom. The molecule has 3 rings (SSSR count). The number of non-ortho nitro benzene ring substituents is 1. The average molecular weight is 390 g/mol. The van der Waals surface area contributed by atoms with Gasteiger partial charge in [-0.05, 0) is 29.8 Å². The van der Waals surface area contributed by atoms with Crippen molar-refractivity contribution in [3.05, 3.63) is 64.2 Å². The summed E-state index contributed by atoms with van der Waals surface area (Å²) in [4.78, 5) is 34.2. The van der Waals surface area contributed by atoms with Crippen molar-refractivity contribution in [2.75, 3.05) is 11.3 Å². The molecular weight excluding hydrogens is 376 g/mol. The van der Waals surface area contributed by atoms with E-state index in [0.29, 0.717) is 5.56 Å². The zero-order valence-corrected chi connectivity index (χ0v) is 14.6. The number of nitrogens with one attached hydrogen (secondary N) is 2. The first-order chi connectivity index (χ1) is 12.8. The predicted molar refractivity (Wildman–Crippen MR) is 94.3 cm³/mol. The zero-order chi connectivity index (χ0) is 19.6. The third-order valence-corrected chi connectivity index (χ3v) is 5.21. The SMILES string of the molecule is O=C1CNC(=O)N1Cc1cccc(NS(=O)(=O)c2ccc([N+](=O)[O-])cc2)c1. The number of anilines is 1. The predicted octanol–water partition coefficient (Wildman–Crippen LogP) is 1.45. The van der Waals surface area contributed by atoms with Crippen LogP contribution in [0.3, 0.4) is 0 Å². The topological polar surface area (TPSA) is 139 Å². The second-order valence-corrected chi connectivity index (χ2v) is 7.38. The highest BCUT2D eigenvalue weighted by molar-refractivity contribution is 7.92. The van der Waals surface area contributed by atoms with E-state index < -0.39 is 21.0 Å². The van der Waals surface area contributed by atoms with E-state index in [-0.39, 0.29) is 35.3 Å². The summed E-state index contributed by atoms with van der Waals surface area (Å²) in [5.41, 5.74) is 0.576. The number of amides is 3. The Morgan fingerprint density at radius 1 is 1.15 bits per heavy atom. The second-order valence-electron chi connectivity index (χ2n) is 5.70. The summed E-state index contributed by atoms with van der Waals surface area (Å²) >= 11 is 0. The van der Waals surface area contributed by atoms with E-state index >= 15 is 0 Å². The number of nitro benzene ring substituents is 1. The summed E-state index contributed by atoms with van der Waals surface area (Å²) in [6.07, 6.45) is 0. The Morgan fingerprint density at radius 3 is 2.44 bits per heavy atom.